The van der Waals surface area contributed by atoms with Crippen molar-refractivity contribution in [2.45, 2.75) is 70.1 Å². The molecule has 194 valence electrons. The molecule has 0 saturated heterocycles. The number of carbonyl (C=O) groups is 6. The van der Waals surface area contributed by atoms with E-state index < -0.39 is 72.1 Å². The molecule has 0 aromatic carbocycles. The normalized spacial score (nSPS) is 15.2. The molecule has 0 saturated carbocycles. The van der Waals surface area contributed by atoms with Gasteiger partial charge in [-0.25, -0.2) is 4.79 Å². The third-order valence-corrected chi connectivity index (χ3v) is 5.68. The molecule has 0 aromatic rings. The quantitative estimate of drug-likeness (QED) is 0.126. The molecule has 8 N–H and O–H groups in total. The Labute approximate surface area is 201 Å². The Balaban J connectivity index is 5.51. The number of aliphatic carboxylic acids is 3. The first-order valence-electron chi connectivity index (χ1n) is 10.7. The Bertz CT molecular complexity index is 750. The number of hydrogen-bond acceptors (Lipinski definition) is 8. The number of amides is 3. The molecule has 0 aliphatic carbocycles. The summed E-state index contributed by atoms with van der Waals surface area (Å²) >= 11 is 1.37. The minimum atomic E-state index is -1.59. The van der Waals surface area contributed by atoms with Crippen molar-refractivity contribution < 1.29 is 44.1 Å². The Morgan fingerprint density at radius 3 is 1.91 bits per heavy atom. The van der Waals surface area contributed by atoms with Crippen LogP contribution in [0.3, 0.4) is 0 Å². The molecule has 0 bridgehead atoms. The van der Waals surface area contributed by atoms with Crippen molar-refractivity contribution in [1.29, 1.82) is 0 Å². The Kier molecular flexibility index (Phi) is 14.5. The Hall–Kier alpha value is -2.87. The highest BCUT2D eigenvalue weighted by Gasteiger charge is 2.33. The van der Waals surface area contributed by atoms with Crippen molar-refractivity contribution in [3.8, 4) is 0 Å². The molecule has 34 heavy (non-hydrogen) atoms. The minimum Gasteiger partial charge on any atom is -0.481 e. The first-order valence-corrected chi connectivity index (χ1v) is 12.0. The van der Waals surface area contributed by atoms with Crippen LogP contribution < -0.4 is 21.7 Å². The van der Waals surface area contributed by atoms with Crippen LogP contribution in [-0.4, -0.2) is 87.1 Å². The van der Waals surface area contributed by atoms with Crippen LogP contribution in [0.25, 0.3) is 0 Å². The van der Waals surface area contributed by atoms with Gasteiger partial charge >= 0.3 is 17.9 Å². The van der Waals surface area contributed by atoms with Crippen molar-refractivity contribution in [1.82, 2.24) is 16.0 Å². The topological polar surface area (TPSA) is 225 Å². The zero-order valence-electron chi connectivity index (χ0n) is 19.4. The molecular formula is C20H34N4O9S. The summed E-state index contributed by atoms with van der Waals surface area (Å²) in [6, 6.07) is -5.25. The predicted octanol–water partition coefficient (Wildman–Crippen LogP) is -1.01. The molecule has 5 atom stereocenters. The fourth-order valence-corrected chi connectivity index (χ4v) is 3.25. The van der Waals surface area contributed by atoms with Gasteiger partial charge in [0.2, 0.25) is 17.7 Å². The van der Waals surface area contributed by atoms with Crippen LogP contribution in [0.5, 0.6) is 0 Å². The molecule has 13 nitrogen and oxygen atoms in total. The number of carbonyl (C=O) groups excluding carboxylic acids is 3. The van der Waals surface area contributed by atoms with Gasteiger partial charge in [-0.05, 0) is 30.8 Å². The molecule has 0 fully saturated rings. The van der Waals surface area contributed by atoms with Gasteiger partial charge < -0.3 is 37.0 Å². The number of thioether (sulfide) groups is 1. The number of carboxylic acid groups (broad SMARTS) is 3. The van der Waals surface area contributed by atoms with Crippen LogP contribution in [0.15, 0.2) is 0 Å². The highest BCUT2D eigenvalue weighted by molar-refractivity contribution is 7.98. The molecule has 0 aromatic heterocycles. The lowest BCUT2D eigenvalue weighted by Gasteiger charge is -2.27. The van der Waals surface area contributed by atoms with Gasteiger partial charge in [0, 0.05) is 6.42 Å². The third-order valence-electron chi connectivity index (χ3n) is 5.04. The lowest BCUT2D eigenvalue weighted by molar-refractivity contribution is -0.144. The molecule has 0 aliphatic rings. The van der Waals surface area contributed by atoms with Gasteiger partial charge in [-0.15, -0.1) is 0 Å². The van der Waals surface area contributed by atoms with E-state index in [1.54, 1.807) is 20.1 Å². The molecule has 0 rings (SSSR count). The minimum absolute atomic E-state index is 0.0930. The van der Waals surface area contributed by atoms with Crippen LogP contribution in [0, 0.1) is 5.92 Å². The second-order valence-corrected chi connectivity index (χ2v) is 8.74. The van der Waals surface area contributed by atoms with Crippen molar-refractivity contribution in [2.75, 3.05) is 12.0 Å². The maximum Gasteiger partial charge on any atom is 0.326 e. The van der Waals surface area contributed by atoms with E-state index in [4.69, 9.17) is 15.9 Å². The zero-order chi connectivity index (χ0) is 26.4. The second-order valence-electron chi connectivity index (χ2n) is 7.75. The number of nitrogens with one attached hydrogen (secondary N) is 3. The first kappa shape index (κ1) is 31.1. The second kappa shape index (κ2) is 15.9. The van der Waals surface area contributed by atoms with Gasteiger partial charge in [0.25, 0.3) is 0 Å². The van der Waals surface area contributed by atoms with E-state index in [-0.39, 0.29) is 19.3 Å². The van der Waals surface area contributed by atoms with Crippen LogP contribution in [-0.2, 0) is 28.8 Å². The largest absolute Gasteiger partial charge is 0.481 e. The lowest BCUT2D eigenvalue weighted by Crippen LogP contribution is -2.59. The summed E-state index contributed by atoms with van der Waals surface area (Å²) in [7, 11) is 0. The number of hydrogen-bond donors (Lipinski definition) is 7. The van der Waals surface area contributed by atoms with Gasteiger partial charge in [-0.2, -0.15) is 11.8 Å². The summed E-state index contributed by atoms with van der Waals surface area (Å²) in [4.78, 5) is 71.2. The Morgan fingerprint density at radius 2 is 1.44 bits per heavy atom. The van der Waals surface area contributed by atoms with Crippen LogP contribution in [0.4, 0.5) is 0 Å². The fraction of sp³-hybridized carbons (Fsp3) is 0.700. The molecule has 14 heteroatoms. The summed E-state index contributed by atoms with van der Waals surface area (Å²) in [5.74, 6) is -6.49. The van der Waals surface area contributed by atoms with E-state index in [1.165, 1.54) is 11.8 Å². The molecule has 0 aliphatic heterocycles. The SMILES string of the molecule is CCC(C)C(NC(=O)C(N)CCC(=O)O)C(=O)NC(CC(=O)O)C(=O)NC(CCSC)C(=O)O. The average molecular weight is 507 g/mol. The van der Waals surface area contributed by atoms with Crippen LogP contribution >= 0.6 is 11.8 Å². The van der Waals surface area contributed by atoms with Crippen molar-refractivity contribution >= 4 is 47.4 Å². The van der Waals surface area contributed by atoms with Gasteiger partial charge in [0.15, 0.2) is 0 Å². The van der Waals surface area contributed by atoms with E-state index in [1.807, 2.05) is 0 Å². The lowest BCUT2D eigenvalue weighted by atomic mass is 9.97. The third kappa shape index (κ3) is 11.8. The van der Waals surface area contributed by atoms with Crippen molar-refractivity contribution in [3.05, 3.63) is 0 Å². The monoisotopic (exact) mass is 506 g/mol. The first-order chi connectivity index (χ1) is 15.8. The van der Waals surface area contributed by atoms with E-state index in [9.17, 15) is 33.9 Å². The summed E-state index contributed by atoms with van der Waals surface area (Å²) in [5.41, 5.74) is 5.69. The molecular weight excluding hydrogens is 472 g/mol. The summed E-state index contributed by atoms with van der Waals surface area (Å²) in [6.07, 6.45) is 0.949. The van der Waals surface area contributed by atoms with Crippen molar-refractivity contribution in [3.63, 3.8) is 0 Å². The van der Waals surface area contributed by atoms with Gasteiger partial charge in [-0.3, -0.25) is 24.0 Å². The predicted molar refractivity (Wildman–Crippen MR) is 123 cm³/mol. The molecule has 0 spiro atoms. The maximum atomic E-state index is 12.9. The van der Waals surface area contributed by atoms with E-state index >= 15 is 0 Å². The molecule has 0 heterocycles. The highest BCUT2D eigenvalue weighted by atomic mass is 32.2. The molecule has 5 unspecified atom stereocenters. The van der Waals surface area contributed by atoms with E-state index in [0.29, 0.717) is 12.2 Å². The molecule has 3 amide bonds. The van der Waals surface area contributed by atoms with Gasteiger partial charge in [0.05, 0.1) is 12.5 Å². The number of nitrogens with two attached hydrogens (primary N) is 1. The van der Waals surface area contributed by atoms with Crippen molar-refractivity contribution in [2.24, 2.45) is 11.7 Å². The van der Waals surface area contributed by atoms with E-state index in [0.717, 1.165) is 0 Å². The smallest absolute Gasteiger partial charge is 0.326 e. The standard InChI is InChI=1S/C20H34N4O9S/c1-4-10(2)16(24-17(29)11(21)5-6-14(25)26)19(31)23-13(9-15(27)28)18(30)22-12(20(32)33)7-8-34-3/h10-13,16H,4-9,21H2,1-3H3,(H,22,30)(H,23,31)(H,24,29)(H,25,26)(H,27,28)(H,32,33). The van der Waals surface area contributed by atoms with Gasteiger partial charge in [0.1, 0.15) is 18.1 Å². The average Bonchev–Trinajstić information content (AvgIpc) is 2.76. The van der Waals surface area contributed by atoms with Gasteiger partial charge in [-0.1, -0.05) is 20.3 Å². The Morgan fingerprint density at radius 1 is 0.853 bits per heavy atom. The number of rotatable bonds is 17. The maximum absolute atomic E-state index is 12.9. The summed E-state index contributed by atoms with van der Waals surface area (Å²) < 4.78 is 0. The molecule has 0 radical (unpaired) electrons. The number of carboxylic acids is 3. The fourth-order valence-electron chi connectivity index (χ4n) is 2.78. The highest BCUT2D eigenvalue weighted by Crippen LogP contribution is 2.10. The van der Waals surface area contributed by atoms with E-state index in [2.05, 4.69) is 16.0 Å². The summed E-state index contributed by atoms with van der Waals surface area (Å²) in [6.45, 7) is 3.38. The zero-order valence-corrected chi connectivity index (χ0v) is 20.2. The van der Waals surface area contributed by atoms with Crippen LogP contribution in [0.1, 0.15) is 46.0 Å². The van der Waals surface area contributed by atoms with Crippen LogP contribution in [0.2, 0.25) is 0 Å². The summed E-state index contributed by atoms with van der Waals surface area (Å²) in [5, 5.41) is 34.1.